The highest BCUT2D eigenvalue weighted by Gasteiger charge is 2.72. The van der Waals surface area contributed by atoms with Crippen molar-refractivity contribution in [3.05, 3.63) is 226 Å². The Morgan fingerprint density at radius 1 is 0.260 bits per heavy atom. The molecule has 0 N–H and O–H groups in total. The van der Waals surface area contributed by atoms with Crippen LogP contribution < -0.4 is 10.7 Å². The van der Waals surface area contributed by atoms with Crippen molar-refractivity contribution in [2.45, 2.75) is 172 Å². The van der Waals surface area contributed by atoms with E-state index in [0.717, 1.165) is 0 Å². The number of hydrogen-bond donors (Lipinski definition) is 0. The Morgan fingerprint density at radius 3 is 0.767 bits per heavy atom. The second-order valence-corrected chi connectivity index (χ2v) is 13.3. The predicted octanol–water partition coefficient (Wildman–Crippen LogP) is 18.7. The van der Waals surface area contributed by atoms with Gasteiger partial charge in [-0.05, 0) is 46.5 Å². The Labute approximate surface area is 447 Å². The number of rotatable bonds is 4. The van der Waals surface area contributed by atoms with Crippen LogP contribution in [0.4, 0.5) is 0 Å². The van der Waals surface area contributed by atoms with E-state index in [2.05, 4.69) is 188 Å². The van der Waals surface area contributed by atoms with E-state index in [9.17, 15) is 0 Å². The fourth-order valence-electron chi connectivity index (χ4n) is 9.33. The molecule has 8 heterocycles. The molecule has 0 fully saturated rings. The molecule has 0 unspecified atom stereocenters. The lowest BCUT2D eigenvalue weighted by molar-refractivity contribution is -0.834. The SMILES string of the molecule is C1=CC2=[N+]3C1=C(c1ccccc1)c1ccc4n1C31n3c(ccc3=C(c3ccccc3)C3=[N+]1C(=C4c1ccccc1)C=C3)=C2c1ccccc1.CC.CC.CC.CC.CC.CC.CC.CC.CC.CC.CC.CC. The minimum Gasteiger partial charge on any atom is -0.198 e. The van der Waals surface area contributed by atoms with Crippen LogP contribution in [0, 0.1) is 0 Å². The highest BCUT2D eigenvalue weighted by Crippen LogP contribution is 2.52. The zero-order valence-electron chi connectivity index (χ0n) is 50.5. The predicted molar refractivity (Wildman–Crippen MR) is 329 cm³/mol. The highest BCUT2D eigenvalue weighted by molar-refractivity contribution is 6.29. The molecule has 0 aliphatic carbocycles. The van der Waals surface area contributed by atoms with Crippen molar-refractivity contribution in [1.29, 1.82) is 0 Å². The quantitative estimate of drug-likeness (QED) is 0.157. The summed E-state index contributed by atoms with van der Waals surface area (Å²) < 4.78 is 10.6. The maximum absolute atomic E-state index is 2.64. The second-order valence-electron chi connectivity index (χ2n) is 13.3. The van der Waals surface area contributed by atoms with Crippen LogP contribution in [-0.4, -0.2) is 29.7 Å². The number of allylic oxidation sites excluding steroid dienone is 4. The van der Waals surface area contributed by atoms with E-state index in [-0.39, 0.29) is 0 Å². The van der Waals surface area contributed by atoms with Gasteiger partial charge >= 0.3 is 5.91 Å². The molecule has 0 radical (unpaired) electrons. The van der Waals surface area contributed by atoms with Crippen LogP contribution in [-0.2, 0) is 5.91 Å². The van der Waals surface area contributed by atoms with Crippen molar-refractivity contribution >= 4 is 33.7 Å². The minimum absolute atomic E-state index is 0.752. The molecule has 6 aromatic rings. The number of aromatic nitrogens is 2. The van der Waals surface area contributed by atoms with Gasteiger partial charge in [0.1, 0.15) is 0 Å². The van der Waals surface area contributed by atoms with E-state index in [1.807, 2.05) is 166 Å². The minimum atomic E-state index is -0.752. The van der Waals surface area contributed by atoms with E-state index < -0.39 is 5.91 Å². The fourth-order valence-corrected chi connectivity index (χ4v) is 9.33. The second kappa shape index (κ2) is 35.6. The van der Waals surface area contributed by atoms with Crippen molar-refractivity contribution in [3.63, 3.8) is 0 Å². The van der Waals surface area contributed by atoms with E-state index >= 15 is 0 Å². The molecule has 394 valence electrons. The van der Waals surface area contributed by atoms with Crippen molar-refractivity contribution in [2.75, 3.05) is 0 Å². The van der Waals surface area contributed by atoms with Crippen LogP contribution in [0.1, 0.15) is 200 Å². The molecule has 0 atom stereocenters. The molecule has 0 saturated carbocycles. The summed E-state index contributed by atoms with van der Waals surface area (Å²) in [7, 11) is 0. The summed E-state index contributed by atoms with van der Waals surface area (Å²) in [5.74, 6) is -0.752. The van der Waals surface area contributed by atoms with E-state index in [1.165, 1.54) is 89.4 Å². The molecule has 12 rings (SSSR count). The van der Waals surface area contributed by atoms with Gasteiger partial charge in [-0.25, -0.2) is 0 Å². The maximum atomic E-state index is 2.64. The molecule has 2 aromatic heterocycles. The van der Waals surface area contributed by atoms with Crippen LogP contribution in [0.5, 0.6) is 0 Å². The standard InChI is InChI=1S/C45H28N4.12C2H6/c1-5-13-29(14-6-1)41-33-21-23-35-42(30-15-7-2-8-16-30)37-25-27-39-44(32-19-11-4-12-20-32)40-28-26-38-43(31-17-9-3-10-18-31)36-24-22-34(41)47(36)45(46(33)35,48(37)39)49(38)40;12*1-2/h1-28H;12*1-2H3/q+2;;;;;;;;;;;;. The fraction of sp³-hybridized carbons (Fsp3) is 0.362. The molecule has 1 spiro atoms. The summed E-state index contributed by atoms with van der Waals surface area (Å²) in [6.07, 6.45) is 9.42. The van der Waals surface area contributed by atoms with Gasteiger partial charge in [0, 0.05) is 24.3 Å². The summed E-state index contributed by atoms with van der Waals surface area (Å²) >= 11 is 0. The lowest BCUT2D eigenvalue weighted by atomic mass is 9.93. The van der Waals surface area contributed by atoms with Gasteiger partial charge in [-0.3, -0.25) is 0 Å². The first kappa shape index (κ1) is 66.5. The summed E-state index contributed by atoms with van der Waals surface area (Å²) in [6, 6.07) is 53.1. The Balaban J connectivity index is 0.00000192. The highest BCUT2D eigenvalue weighted by atomic mass is 15.6. The lowest BCUT2D eigenvalue weighted by Crippen LogP contribution is -2.71. The summed E-state index contributed by atoms with van der Waals surface area (Å²) in [5, 5.41) is 2.43. The molecule has 4 heteroatoms. The van der Waals surface area contributed by atoms with Crippen LogP contribution in [0.25, 0.3) is 22.3 Å². The van der Waals surface area contributed by atoms with Crippen molar-refractivity contribution in [2.24, 2.45) is 0 Å². The molecule has 73 heavy (non-hydrogen) atoms. The van der Waals surface area contributed by atoms with E-state index in [4.69, 9.17) is 0 Å². The first-order valence-corrected chi connectivity index (χ1v) is 29.0. The Kier molecular flexibility index (Phi) is 32.4. The van der Waals surface area contributed by atoms with Crippen molar-refractivity contribution < 1.29 is 9.15 Å². The molecule has 6 aliphatic rings. The van der Waals surface area contributed by atoms with Crippen LogP contribution >= 0.6 is 0 Å². The first-order chi connectivity index (χ1) is 36.4. The molecule has 4 nitrogen and oxygen atoms in total. The summed E-state index contributed by atoms with van der Waals surface area (Å²) in [4.78, 5) is 0. The largest absolute Gasteiger partial charge is 0.553 e. The van der Waals surface area contributed by atoms with Crippen LogP contribution in [0.15, 0.2) is 181 Å². The average Bonchev–Trinajstić information content (AvgIpc) is 4.37. The van der Waals surface area contributed by atoms with Crippen molar-refractivity contribution in [1.82, 2.24) is 9.13 Å². The van der Waals surface area contributed by atoms with Crippen LogP contribution in [0.3, 0.4) is 0 Å². The molecule has 0 bridgehead atoms. The molecule has 4 aromatic carbocycles. The molecular formula is C69H100N4+2. The third-order valence-electron chi connectivity index (χ3n) is 11.0. The third-order valence-corrected chi connectivity index (χ3v) is 11.0. The Morgan fingerprint density at radius 2 is 0.507 bits per heavy atom. The Bertz CT molecular complexity index is 2630. The first-order valence-electron chi connectivity index (χ1n) is 29.0. The van der Waals surface area contributed by atoms with Crippen molar-refractivity contribution in [3.8, 4) is 0 Å². The topological polar surface area (TPSA) is 15.9 Å². The van der Waals surface area contributed by atoms with E-state index in [1.54, 1.807) is 0 Å². The summed E-state index contributed by atoms with van der Waals surface area (Å²) in [5.41, 5.74) is 17.1. The van der Waals surface area contributed by atoms with E-state index in [0.29, 0.717) is 0 Å². The zero-order valence-corrected chi connectivity index (χ0v) is 50.5. The monoisotopic (exact) mass is 985 g/mol. The smallest absolute Gasteiger partial charge is 0.198 e. The van der Waals surface area contributed by atoms with Gasteiger partial charge in [-0.1, -0.05) is 297 Å². The number of benzene rings is 4. The van der Waals surface area contributed by atoms with Crippen LogP contribution in [0.2, 0.25) is 0 Å². The zero-order chi connectivity index (χ0) is 55.8. The van der Waals surface area contributed by atoms with Gasteiger partial charge in [0.05, 0.1) is 44.4 Å². The lowest BCUT2D eigenvalue weighted by Gasteiger charge is -2.41. The maximum Gasteiger partial charge on any atom is 0.553 e. The molecule has 6 aliphatic heterocycles. The van der Waals surface area contributed by atoms with Gasteiger partial charge in [0.2, 0.25) is 22.8 Å². The number of nitrogens with zero attached hydrogens (tertiary/aromatic N) is 4. The summed E-state index contributed by atoms with van der Waals surface area (Å²) in [6.45, 7) is 48.0. The van der Waals surface area contributed by atoms with Gasteiger partial charge in [0.25, 0.3) is 0 Å². The Hall–Kier alpha value is -6.52. The normalized spacial score (nSPS) is 13.2. The molecular weight excluding hydrogens is 885 g/mol. The van der Waals surface area contributed by atoms with Gasteiger partial charge in [0.15, 0.2) is 0 Å². The average molecular weight is 986 g/mol. The molecule has 0 amide bonds. The van der Waals surface area contributed by atoms with Gasteiger partial charge in [-0.2, -0.15) is 9.13 Å². The third kappa shape index (κ3) is 11.8. The molecule has 0 saturated heterocycles. The van der Waals surface area contributed by atoms with Gasteiger partial charge in [-0.15, -0.1) is 0 Å². The number of hydrogen-bond acceptors (Lipinski definition) is 0. The van der Waals surface area contributed by atoms with Gasteiger partial charge < -0.3 is 0 Å².